The topological polar surface area (TPSA) is 59.6 Å². The van der Waals surface area contributed by atoms with Gasteiger partial charge in [-0.2, -0.15) is 0 Å². The van der Waals surface area contributed by atoms with Crippen LogP contribution in [0.5, 0.6) is 5.75 Å². The van der Waals surface area contributed by atoms with E-state index >= 15 is 0 Å². The molecule has 2 N–H and O–H groups in total. The normalized spacial score (nSPS) is 19.3. The van der Waals surface area contributed by atoms with Gasteiger partial charge in [0.2, 0.25) is 0 Å². The van der Waals surface area contributed by atoms with Crippen molar-refractivity contribution in [3.05, 3.63) is 78.0 Å². The summed E-state index contributed by atoms with van der Waals surface area (Å²) in [5.41, 5.74) is 2.52. The van der Waals surface area contributed by atoms with Gasteiger partial charge in [0.15, 0.2) is 5.11 Å². The molecule has 0 radical (unpaired) electrons. The second kappa shape index (κ2) is 8.01. The molecule has 0 aliphatic carbocycles. The van der Waals surface area contributed by atoms with Crippen LogP contribution in [0.3, 0.4) is 0 Å². The van der Waals surface area contributed by atoms with Crippen LogP contribution in [-0.2, 0) is 16.1 Å². The predicted molar refractivity (Wildman–Crippen MR) is 103 cm³/mol. The SMILES string of the molecule is C=C1NC(=S)NC(c2ccc(OCc3ccccc3)cc2)C1C(=O)OC. The van der Waals surface area contributed by atoms with Crippen molar-refractivity contribution in [1.82, 2.24) is 10.6 Å². The highest BCUT2D eigenvalue weighted by Gasteiger charge is 2.37. The molecule has 1 fully saturated rings. The maximum absolute atomic E-state index is 12.2. The van der Waals surface area contributed by atoms with E-state index in [0.717, 1.165) is 16.9 Å². The monoisotopic (exact) mass is 368 g/mol. The molecule has 26 heavy (non-hydrogen) atoms. The molecule has 1 heterocycles. The lowest BCUT2D eigenvalue weighted by Crippen LogP contribution is -2.50. The number of benzene rings is 2. The van der Waals surface area contributed by atoms with Gasteiger partial charge >= 0.3 is 5.97 Å². The van der Waals surface area contributed by atoms with E-state index in [1.54, 1.807) is 0 Å². The highest BCUT2D eigenvalue weighted by atomic mass is 32.1. The van der Waals surface area contributed by atoms with Gasteiger partial charge in [0.1, 0.15) is 18.3 Å². The van der Waals surface area contributed by atoms with Crippen LogP contribution in [0.2, 0.25) is 0 Å². The smallest absolute Gasteiger partial charge is 0.317 e. The first-order valence-corrected chi connectivity index (χ1v) is 8.60. The molecule has 0 aromatic heterocycles. The van der Waals surface area contributed by atoms with E-state index in [9.17, 15) is 4.79 Å². The molecule has 0 amide bonds. The van der Waals surface area contributed by atoms with E-state index in [1.165, 1.54) is 7.11 Å². The van der Waals surface area contributed by atoms with Crippen molar-refractivity contribution in [3.63, 3.8) is 0 Å². The van der Waals surface area contributed by atoms with Crippen molar-refractivity contribution in [1.29, 1.82) is 0 Å². The lowest BCUT2D eigenvalue weighted by molar-refractivity contribution is -0.145. The number of esters is 1. The van der Waals surface area contributed by atoms with Gasteiger partial charge in [-0.15, -0.1) is 0 Å². The Morgan fingerprint density at radius 1 is 1.15 bits per heavy atom. The van der Waals surface area contributed by atoms with Crippen LogP contribution in [0.25, 0.3) is 0 Å². The first-order valence-electron chi connectivity index (χ1n) is 8.19. The molecule has 3 rings (SSSR count). The van der Waals surface area contributed by atoms with Gasteiger partial charge in [-0.1, -0.05) is 49.0 Å². The predicted octanol–water partition coefficient (Wildman–Crippen LogP) is 3.09. The molecule has 2 aromatic rings. The number of carbonyl (C=O) groups excluding carboxylic acids is 1. The van der Waals surface area contributed by atoms with E-state index in [1.807, 2.05) is 54.6 Å². The molecule has 6 heteroatoms. The summed E-state index contributed by atoms with van der Waals surface area (Å²) in [6, 6.07) is 17.2. The summed E-state index contributed by atoms with van der Waals surface area (Å²) in [6.07, 6.45) is 0. The number of thiocarbonyl (C=S) groups is 1. The summed E-state index contributed by atoms with van der Waals surface area (Å²) in [4.78, 5) is 12.2. The van der Waals surface area contributed by atoms with Crippen LogP contribution in [0.1, 0.15) is 17.2 Å². The minimum Gasteiger partial charge on any atom is -0.489 e. The fraction of sp³-hybridized carbons (Fsp3) is 0.200. The maximum atomic E-state index is 12.2. The summed E-state index contributed by atoms with van der Waals surface area (Å²) in [6.45, 7) is 4.40. The minimum atomic E-state index is -0.567. The molecule has 2 unspecified atom stereocenters. The molecular weight excluding hydrogens is 348 g/mol. The summed E-state index contributed by atoms with van der Waals surface area (Å²) in [5.74, 6) is -0.183. The van der Waals surface area contributed by atoms with Crippen molar-refractivity contribution in [2.24, 2.45) is 5.92 Å². The Morgan fingerprint density at radius 2 is 1.85 bits per heavy atom. The highest BCUT2D eigenvalue weighted by molar-refractivity contribution is 7.80. The Balaban J connectivity index is 1.74. The van der Waals surface area contributed by atoms with Gasteiger partial charge in [-0.25, -0.2) is 0 Å². The van der Waals surface area contributed by atoms with E-state index in [2.05, 4.69) is 17.2 Å². The number of hydrogen-bond donors (Lipinski definition) is 2. The average Bonchev–Trinajstić information content (AvgIpc) is 2.66. The van der Waals surface area contributed by atoms with Gasteiger partial charge in [0.25, 0.3) is 0 Å². The zero-order chi connectivity index (χ0) is 18.5. The Labute approximate surface area is 158 Å². The van der Waals surface area contributed by atoms with Gasteiger partial charge in [-0.05, 0) is 35.5 Å². The number of methoxy groups -OCH3 is 1. The molecule has 1 saturated heterocycles. The second-order valence-corrected chi connectivity index (χ2v) is 6.35. The maximum Gasteiger partial charge on any atom is 0.317 e. The van der Waals surface area contributed by atoms with Gasteiger partial charge in [0, 0.05) is 5.70 Å². The Hall–Kier alpha value is -2.86. The number of nitrogens with one attached hydrogen (secondary N) is 2. The molecule has 0 spiro atoms. The third kappa shape index (κ3) is 4.03. The summed E-state index contributed by atoms with van der Waals surface area (Å²) in [7, 11) is 1.36. The number of rotatable bonds is 5. The largest absolute Gasteiger partial charge is 0.489 e. The van der Waals surface area contributed by atoms with E-state index in [-0.39, 0.29) is 12.0 Å². The number of ether oxygens (including phenoxy) is 2. The van der Waals surface area contributed by atoms with Crippen LogP contribution < -0.4 is 15.4 Å². The van der Waals surface area contributed by atoms with Crippen molar-refractivity contribution in [3.8, 4) is 5.75 Å². The molecule has 1 aliphatic rings. The number of hydrogen-bond acceptors (Lipinski definition) is 4. The van der Waals surface area contributed by atoms with Gasteiger partial charge in [-0.3, -0.25) is 4.79 Å². The zero-order valence-corrected chi connectivity index (χ0v) is 15.2. The van der Waals surface area contributed by atoms with Crippen molar-refractivity contribution < 1.29 is 14.3 Å². The van der Waals surface area contributed by atoms with Crippen LogP contribution in [0, 0.1) is 5.92 Å². The molecule has 5 nitrogen and oxygen atoms in total. The average molecular weight is 368 g/mol. The van der Waals surface area contributed by atoms with E-state index in [0.29, 0.717) is 17.4 Å². The fourth-order valence-corrected chi connectivity index (χ4v) is 3.14. The second-order valence-electron chi connectivity index (χ2n) is 5.95. The fourth-order valence-electron chi connectivity index (χ4n) is 2.88. The zero-order valence-electron chi connectivity index (χ0n) is 14.4. The molecule has 0 saturated carbocycles. The molecule has 2 aromatic carbocycles. The highest BCUT2D eigenvalue weighted by Crippen LogP contribution is 2.31. The first kappa shape index (κ1) is 17.9. The van der Waals surface area contributed by atoms with E-state index in [4.69, 9.17) is 21.7 Å². The lowest BCUT2D eigenvalue weighted by atomic mass is 9.89. The van der Waals surface area contributed by atoms with E-state index < -0.39 is 5.92 Å². The molecular formula is C20H20N2O3S. The number of carbonyl (C=O) groups is 1. The van der Waals surface area contributed by atoms with Crippen LogP contribution >= 0.6 is 12.2 Å². The van der Waals surface area contributed by atoms with Gasteiger partial charge in [0.05, 0.1) is 13.2 Å². The molecule has 0 bridgehead atoms. The third-order valence-corrected chi connectivity index (χ3v) is 4.43. The molecule has 134 valence electrons. The van der Waals surface area contributed by atoms with Crippen LogP contribution in [0.4, 0.5) is 0 Å². The third-order valence-electron chi connectivity index (χ3n) is 4.21. The van der Waals surface area contributed by atoms with Crippen LogP contribution in [0.15, 0.2) is 66.9 Å². The van der Waals surface area contributed by atoms with Gasteiger partial charge < -0.3 is 20.1 Å². The van der Waals surface area contributed by atoms with Crippen molar-refractivity contribution in [2.45, 2.75) is 12.6 Å². The van der Waals surface area contributed by atoms with Crippen LogP contribution in [-0.4, -0.2) is 18.2 Å². The minimum absolute atomic E-state index is 0.341. The first-order chi connectivity index (χ1) is 12.6. The van der Waals surface area contributed by atoms with Crippen molar-refractivity contribution in [2.75, 3.05) is 7.11 Å². The molecule has 2 atom stereocenters. The molecule has 1 aliphatic heterocycles. The Bertz CT molecular complexity index is 806. The summed E-state index contributed by atoms with van der Waals surface area (Å²) < 4.78 is 10.7. The summed E-state index contributed by atoms with van der Waals surface area (Å²) in [5, 5.41) is 6.45. The Kier molecular flexibility index (Phi) is 5.53. The quantitative estimate of drug-likeness (QED) is 0.625. The summed E-state index contributed by atoms with van der Waals surface area (Å²) >= 11 is 5.20. The van der Waals surface area contributed by atoms with Crippen molar-refractivity contribution >= 4 is 23.3 Å². The lowest BCUT2D eigenvalue weighted by Gasteiger charge is -2.34. The Morgan fingerprint density at radius 3 is 2.50 bits per heavy atom. The standard InChI is InChI=1S/C20H20N2O3S/c1-13-17(19(23)24-2)18(22-20(26)21-13)15-8-10-16(11-9-15)25-12-14-6-4-3-5-7-14/h3-11,17-18H,1,12H2,2H3,(H2,21,22,26).